The quantitative estimate of drug-likeness (QED) is 0.371. The molecule has 0 spiro atoms. The molecule has 0 saturated carbocycles. The van der Waals surface area contributed by atoms with E-state index in [1.165, 1.54) is 38.5 Å². The van der Waals surface area contributed by atoms with Crippen molar-refractivity contribution in [2.75, 3.05) is 19.8 Å². The predicted molar refractivity (Wildman–Crippen MR) is 94.9 cm³/mol. The third-order valence-electron chi connectivity index (χ3n) is 3.97. The van der Waals surface area contributed by atoms with Crippen LogP contribution in [0.1, 0.15) is 74.7 Å². The van der Waals surface area contributed by atoms with Crippen molar-refractivity contribution in [1.82, 2.24) is 0 Å². The first-order valence-corrected chi connectivity index (χ1v) is 9.12. The summed E-state index contributed by atoms with van der Waals surface area (Å²) in [6.07, 6.45) is 9.79. The predicted octanol–water partition coefficient (Wildman–Crippen LogP) is 5.17. The SMILES string of the molecule is CCCCCCCCCOCCOC(=O)c1ccccc1CC. The number of carbonyl (C=O) groups is 1. The maximum Gasteiger partial charge on any atom is 0.338 e. The molecule has 0 atom stereocenters. The van der Waals surface area contributed by atoms with Crippen molar-refractivity contribution in [3.63, 3.8) is 0 Å². The molecule has 1 aromatic carbocycles. The van der Waals surface area contributed by atoms with Gasteiger partial charge in [0, 0.05) is 6.61 Å². The Morgan fingerprint density at radius 2 is 1.57 bits per heavy atom. The topological polar surface area (TPSA) is 35.5 Å². The summed E-state index contributed by atoms with van der Waals surface area (Å²) < 4.78 is 10.8. The van der Waals surface area contributed by atoms with Gasteiger partial charge in [-0.1, -0.05) is 70.6 Å². The van der Waals surface area contributed by atoms with Gasteiger partial charge in [0.05, 0.1) is 12.2 Å². The molecule has 0 saturated heterocycles. The molecule has 0 fully saturated rings. The van der Waals surface area contributed by atoms with E-state index in [1.54, 1.807) is 0 Å². The molecule has 0 unspecified atom stereocenters. The Morgan fingerprint density at radius 1 is 0.870 bits per heavy atom. The largest absolute Gasteiger partial charge is 0.460 e. The molecule has 0 radical (unpaired) electrons. The highest BCUT2D eigenvalue weighted by Gasteiger charge is 2.10. The first-order chi connectivity index (χ1) is 11.3. The van der Waals surface area contributed by atoms with Crippen molar-refractivity contribution in [3.05, 3.63) is 35.4 Å². The fourth-order valence-corrected chi connectivity index (χ4v) is 2.56. The average molecular weight is 320 g/mol. The van der Waals surface area contributed by atoms with E-state index in [0.717, 1.165) is 25.0 Å². The van der Waals surface area contributed by atoms with Crippen LogP contribution in [0.15, 0.2) is 24.3 Å². The normalized spacial score (nSPS) is 10.7. The molecule has 3 heteroatoms. The summed E-state index contributed by atoms with van der Waals surface area (Å²) >= 11 is 0. The highest BCUT2D eigenvalue weighted by Crippen LogP contribution is 2.11. The van der Waals surface area contributed by atoms with Crippen LogP contribution in [-0.4, -0.2) is 25.8 Å². The molecule has 0 amide bonds. The van der Waals surface area contributed by atoms with Gasteiger partial charge in [0.25, 0.3) is 0 Å². The molecule has 0 N–H and O–H groups in total. The molecule has 1 aromatic rings. The van der Waals surface area contributed by atoms with Crippen LogP contribution in [0.5, 0.6) is 0 Å². The second-order valence-corrected chi connectivity index (χ2v) is 5.88. The maximum atomic E-state index is 12.0. The summed E-state index contributed by atoms with van der Waals surface area (Å²) in [4.78, 5) is 12.0. The Hall–Kier alpha value is -1.35. The third kappa shape index (κ3) is 8.75. The molecule has 0 aliphatic heterocycles. The van der Waals surface area contributed by atoms with Gasteiger partial charge in [0.2, 0.25) is 0 Å². The minimum atomic E-state index is -0.248. The Kier molecular flexibility index (Phi) is 11.2. The lowest BCUT2D eigenvalue weighted by Crippen LogP contribution is -2.12. The van der Waals surface area contributed by atoms with Crippen LogP contribution in [0.4, 0.5) is 0 Å². The smallest absolute Gasteiger partial charge is 0.338 e. The standard InChI is InChI=1S/C20H32O3/c1-3-5-6-7-8-9-12-15-22-16-17-23-20(21)19-14-11-10-13-18(19)4-2/h10-11,13-14H,3-9,12,15-17H2,1-2H3. The molecular formula is C20H32O3. The monoisotopic (exact) mass is 320 g/mol. The molecular weight excluding hydrogens is 288 g/mol. The highest BCUT2D eigenvalue weighted by molar-refractivity contribution is 5.91. The zero-order chi connectivity index (χ0) is 16.8. The molecule has 0 aromatic heterocycles. The second-order valence-electron chi connectivity index (χ2n) is 5.88. The van der Waals surface area contributed by atoms with Crippen LogP contribution in [0.25, 0.3) is 0 Å². The first kappa shape index (κ1) is 19.7. The van der Waals surface area contributed by atoms with Crippen LogP contribution in [0, 0.1) is 0 Å². The number of unbranched alkanes of at least 4 members (excludes halogenated alkanes) is 6. The fraction of sp³-hybridized carbons (Fsp3) is 0.650. The van der Waals surface area contributed by atoms with Gasteiger partial charge in [-0.25, -0.2) is 4.79 Å². The first-order valence-electron chi connectivity index (χ1n) is 9.12. The summed E-state index contributed by atoms with van der Waals surface area (Å²) in [7, 11) is 0. The van der Waals surface area contributed by atoms with Gasteiger partial charge >= 0.3 is 5.97 Å². The van der Waals surface area contributed by atoms with Crippen LogP contribution in [0.2, 0.25) is 0 Å². The van der Waals surface area contributed by atoms with E-state index in [4.69, 9.17) is 9.47 Å². The summed E-state index contributed by atoms with van der Waals surface area (Å²) in [5, 5.41) is 0. The van der Waals surface area contributed by atoms with Crippen LogP contribution >= 0.6 is 0 Å². The average Bonchev–Trinajstić information content (AvgIpc) is 2.59. The lowest BCUT2D eigenvalue weighted by Gasteiger charge is -2.08. The van der Waals surface area contributed by atoms with E-state index in [-0.39, 0.29) is 5.97 Å². The fourth-order valence-electron chi connectivity index (χ4n) is 2.56. The summed E-state index contributed by atoms with van der Waals surface area (Å²) in [6.45, 7) is 5.85. The minimum Gasteiger partial charge on any atom is -0.460 e. The number of benzene rings is 1. The van der Waals surface area contributed by atoms with Crippen molar-refractivity contribution in [1.29, 1.82) is 0 Å². The van der Waals surface area contributed by atoms with Gasteiger partial charge in [-0.2, -0.15) is 0 Å². The molecule has 23 heavy (non-hydrogen) atoms. The van der Waals surface area contributed by atoms with Crippen molar-refractivity contribution in [2.24, 2.45) is 0 Å². The number of aryl methyl sites for hydroxylation is 1. The van der Waals surface area contributed by atoms with E-state index < -0.39 is 0 Å². The Balaban J connectivity index is 2.01. The van der Waals surface area contributed by atoms with E-state index in [2.05, 4.69) is 6.92 Å². The van der Waals surface area contributed by atoms with Gasteiger partial charge in [0.15, 0.2) is 0 Å². The maximum absolute atomic E-state index is 12.0. The van der Waals surface area contributed by atoms with E-state index in [0.29, 0.717) is 18.8 Å². The van der Waals surface area contributed by atoms with Crippen molar-refractivity contribution in [3.8, 4) is 0 Å². The van der Waals surface area contributed by atoms with E-state index >= 15 is 0 Å². The van der Waals surface area contributed by atoms with Crippen LogP contribution in [-0.2, 0) is 15.9 Å². The molecule has 0 bridgehead atoms. The highest BCUT2D eigenvalue weighted by atomic mass is 16.6. The van der Waals surface area contributed by atoms with Gasteiger partial charge in [-0.05, 0) is 24.5 Å². The Morgan fingerprint density at radius 3 is 2.30 bits per heavy atom. The number of ether oxygens (including phenoxy) is 2. The second kappa shape index (κ2) is 13.1. The molecule has 1 rings (SSSR count). The van der Waals surface area contributed by atoms with Crippen molar-refractivity contribution >= 4 is 5.97 Å². The lowest BCUT2D eigenvalue weighted by atomic mass is 10.1. The molecule has 0 aliphatic rings. The summed E-state index contributed by atoms with van der Waals surface area (Å²) in [6, 6.07) is 7.60. The minimum absolute atomic E-state index is 0.248. The van der Waals surface area contributed by atoms with Crippen LogP contribution in [0.3, 0.4) is 0 Å². The molecule has 0 heterocycles. The number of rotatable bonds is 13. The Labute approximate surface area is 141 Å². The van der Waals surface area contributed by atoms with Crippen molar-refractivity contribution in [2.45, 2.75) is 65.2 Å². The van der Waals surface area contributed by atoms with Crippen LogP contribution < -0.4 is 0 Å². The van der Waals surface area contributed by atoms with Gasteiger partial charge < -0.3 is 9.47 Å². The third-order valence-corrected chi connectivity index (χ3v) is 3.97. The zero-order valence-electron chi connectivity index (χ0n) is 14.8. The number of hydrogen-bond acceptors (Lipinski definition) is 3. The van der Waals surface area contributed by atoms with E-state index in [1.807, 2.05) is 31.2 Å². The summed E-state index contributed by atoms with van der Waals surface area (Å²) in [5.74, 6) is -0.248. The number of hydrogen-bond donors (Lipinski definition) is 0. The number of carbonyl (C=O) groups excluding carboxylic acids is 1. The lowest BCUT2D eigenvalue weighted by molar-refractivity contribution is 0.0311. The van der Waals surface area contributed by atoms with Gasteiger partial charge in [-0.3, -0.25) is 0 Å². The van der Waals surface area contributed by atoms with E-state index in [9.17, 15) is 4.79 Å². The molecule has 3 nitrogen and oxygen atoms in total. The Bertz CT molecular complexity index is 429. The zero-order valence-corrected chi connectivity index (χ0v) is 14.8. The van der Waals surface area contributed by atoms with Gasteiger partial charge in [0.1, 0.15) is 6.61 Å². The molecule has 0 aliphatic carbocycles. The van der Waals surface area contributed by atoms with Gasteiger partial charge in [-0.15, -0.1) is 0 Å². The number of esters is 1. The summed E-state index contributed by atoms with van der Waals surface area (Å²) in [5.41, 5.74) is 1.70. The molecule has 130 valence electrons. The van der Waals surface area contributed by atoms with Crippen molar-refractivity contribution < 1.29 is 14.3 Å².